The monoisotopic (exact) mass is 499 g/mol. The summed E-state index contributed by atoms with van der Waals surface area (Å²) >= 11 is 0. The number of carbonyl (C=O) groups is 1. The molecular formula is C19H30IN7O. The van der Waals surface area contributed by atoms with Crippen molar-refractivity contribution < 1.29 is 4.79 Å². The summed E-state index contributed by atoms with van der Waals surface area (Å²) < 4.78 is 1.93. The fourth-order valence-electron chi connectivity index (χ4n) is 3.42. The minimum Gasteiger partial charge on any atom is -0.357 e. The van der Waals surface area contributed by atoms with Crippen molar-refractivity contribution in [2.45, 2.75) is 45.6 Å². The molecule has 0 radical (unpaired) electrons. The molecular weight excluding hydrogens is 469 g/mol. The predicted molar refractivity (Wildman–Crippen MR) is 121 cm³/mol. The Kier molecular flexibility index (Phi) is 9.45. The van der Waals surface area contributed by atoms with E-state index >= 15 is 0 Å². The molecule has 28 heavy (non-hydrogen) atoms. The van der Waals surface area contributed by atoms with Crippen LogP contribution in [-0.2, 0) is 11.3 Å². The third kappa shape index (κ3) is 6.61. The van der Waals surface area contributed by atoms with Crippen molar-refractivity contribution in [2.24, 2.45) is 10.9 Å². The Bertz CT molecular complexity index is 770. The molecule has 0 aliphatic heterocycles. The number of nitrogens with one attached hydrogen (secondary N) is 3. The highest BCUT2D eigenvalue weighted by Gasteiger charge is 2.17. The molecule has 8 nitrogen and oxygen atoms in total. The van der Waals surface area contributed by atoms with E-state index in [-0.39, 0.29) is 29.9 Å². The highest BCUT2D eigenvalue weighted by molar-refractivity contribution is 14.0. The summed E-state index contributed by atoms with van der Waals surface area (Å²) in [7, 11) is 0. The van der Waals surface area contributed by atoms with Gasteiger partial charge in [0.05, 0.1) is 0 Å². The van der Waals surface area contributed by atoms with Gasteiger partial charge in [0.25, 0.3) is 0 Å². The van der Waals surface area contributed by atoms with Crippen molar-refractivity contribution >= 4 is 41.5 Å². The highest BCUT2D eigenvalue weighted by Crippen LogP contribution is 2.27. The first kappa shape index (κ1) is 22.4. The lowest BCUT2D eigenvalue weighted by Crippen LogP contribution is -2.41. The average Bonchev–Trinajstić information content (AvgIpc) is 3.33. The van der Waals surface area contributed by atoms with E-state index in [1.807, 2.05) is 35.7 Å². The van der Waals surface area contributed by atoms with Gasteiger partial charge in [-0.3, -0.25) is 9.20 Å². The SMILES string of the molecule is CCNC(=NCc1nnc2ccccn12)NCCNC(=O)CC1CCCC1.I. The van der Waals surface area contributed by atoms with Crippen LogP contribution in [0.15, 0.2) is 29.4 Å². The number of rotatable bonds is 8. The van der Waals surface area contributed by atoms with Crippen molar-refractivity contribution in [3.05, 3.63) is 30.2 Å². The van der Waals surface area contributed by atoms with Crippen LogP contribution in [0, 0.1) is 5.92 Å². The lowest BCUT2D eigenvalue weighted by atomic mass is 10.0. The molecule has 0 unspecified atom stereocenters. The summed E-state index contributed by atoms with van der Waals surface area (Å²) in [4.78, 5) is 16.5. The van der Waals surface area contributed by atoms with Gasteiger partial charge in [0, 0.05) is 32.3 Å². The van der Waals surface area contributed by atoms with Gasteiger partial charge in [-0.15, -0.1) is 34.2 Å². The molecule has 0 saturated heterocycles. The van der Waals surface area contributed by atoms with Crippen LogP contribution in [0.4, 0.5) is 0 Å². The fourth-order valence-corrected chi connectivity index (χ4v) is 3.42. The van der Waals surface area contributed by atoms with Gasteiger partial charge in [-0.1, -0.05) is 18.9 Å². The number of nitrogens with zero attached hydrogens (tertiary/aromatic N) is 4. The molecule has 2 aromatic rings. The predicted octanol–water partition coefficient (Wildman–Crippen LogP) is 2.10. The minimum atomic E-state index is 0. The largest absolute Gasteiger partial charge is 0.357 e. The summed E-state index contributed by atoms with van der Waals surface area (Å²) in [5.41, 5.74) is 0.811. The van der Waals surface area contributed by atoms with Crippen LogP contribution in [0.2, 0.25) is 0 Å². The van der Waals surface area contributed by atoms with Gasteiger partial charge >= 0.3 is 0 Å². The molecule has 3 rings (SSSR count). The summed E-state index contributed by atoms with van der Waals surface area (Å²) in [6.45, 7) is 4.43. The molecule has 2 aromatic heterocycles. The number of fused-ring (bicyclic) bond motifs is 1. The highest BCUT2D eigenvalue weighted by atomic mass is 127. The number of halogens is 1. The Morgan fingerprint density at radius 3 is 2.75 bits per heavy atom. The van der Waals surface area contributed by atoms with E-state index in [2.05, 4.69) is 31.1 Å². The van der Waals surface area contributed by atoms with Crippen molar-refractivity contribution in [3.63, 3.8) is 0 Å². The molecule has 1 aliphatic rings. The molecule has 1 saturated carbocycles. The lowest BCUT2D eigenvalue weighted by molar-refractivity contribution is -0.121. The Balaban J connectivity index is 0.00000280. The first-order valence-corrected chi connectivity index (χ1v) is 9.83. The molecule has 0 aromatic carbocycles. The maximum atomic E-state index is 12.0. The molecule has 2 heterocycles. The maximum absolute atomic E-state index is 12.0. The average molecular weight is 499 g/mol. The first-order valence-electron chi connectivity index (χ1n) is 9.83. The minimum absolute atomic E-state index is 0. The first-order chi connectivity index (χ1) is 13.3. The van der Waals surface area contributed by atoms with E-state index in [4.69, 9.17) is 0 Å². The van der Waals surface area contributed by atoms with Gasteiger partial charge in [-0.05, 0) is 37.8 Å². The number of hydrogen-bond acceptors (Lipinski definition) is 4. The maximum Gasteiger partial charge on any atom is 0.220 e. The second-order valence-electron chi connectivity index (χ2n) is 6.87. The zero-order valence-corrected chi connectivity index (χ0v) is 18.7. The van der Waals surface area contributed by atoms with Crippen molar-refractivity contribution in [3.8, 4) is 0 Å². The van der Waals surface area contributed by atoms with E-state index in [1.54, 1.807) is 0 Å². The second kappa shape index (κ2) is 11.8. The van der Waals surface area contributed by atoms with Gasteiger partial charge < -0.3 is 16.0 Å². The van der Waals surface area contributed by atoms with Gasteiger partial charge in [-0.2, -0.15) is 0 Å². The Morgan fingerprint density at radius 1 is 1.18 bits per heavy atom. The molecule has 0 bridgehead atoms. The van der Waals surface area contributed by atoms with E-state index in [0.29, 0.717) is 37.9 Å². The van der Waals surface area contributed by atoms with Crippen LogP contribution in [0.25, 0.3) is 5.65 Å². The summed E-state index contributed by atoms with van der Waals surface area (Å²) in [5, 5.41) is 17.8. The van der Waals surface area contributed by atoms with Gasteiger partial charge in [0.15, 0.2) is 17.4 Å². The van der Waals surface area contributed by atoms with Gasteiger partial charge in [-0.25, -0.2) is 4.99 Å². The number of hydrogen-bond donors (Lipinski definition) is 3. The molecule has 1 fully saturated rings. The third-order valence-electron chi connectivity index (χ3n) is 4.80. The Labute approximate surface area is 183 Å². The van der Waals surface area contributed by atoms with Crippen LogP contribution in [0.1, 0.15) is 44.9 Å². The fraction of sp³-hybridized carbons (Fsp3) is 0.579. The quantitative estimate of drug-likeness (QED) is 0.224. The molecule has 1 aliphatic carbocycles. The number of aliphatic imine (C=N–C) groups is 1. The normalized spacial score (nSPS) is 14.7. The van der Waals surface area contributed by atoms with Crippen molar-refractivity contribution in [1.82, 2.24) is 30.5 Å². The topological polar surface area (TPSA) is 95.7 Å². The zero-order chi connectivity index (χ0) is 18.9. The van der Waals surface area contributed by atoms with Crippen LogP contribution >= 0.6 is 24.0 Å². The van der Waals surface area contributed by atoms with E-state index in [9.17, 15) is 4.79 Å². The Hall–Kier alpha value is -1.91. The lowest BCUT2D eigenvalue weighted by Gasteiger charge is -2.13. The summed E-state index contributed by atoms with van der Waals surface area (Å²) in [6.07, 6.45) is 7.52. The smallest absolute Gasteiger partial charge is 0.220 e. The van der Waals surface area contributed by atoms with E-state index < -0.39 is 0 Å². The number of pyridine rings is 1. The van der Waals surface area contributed by atoms with Gasteiger partial charge in [0.2, 0.25) is 5.91 Å². The molecule has 0 spiro atoms. The Morgan fingerprint density at radius 2 is 1.96 bits per heavy atom. The van der Waals surface area contributed by atoms with E-state index in [0.717, 1.165) is 18.0 Å². The number of amides is 1. The molecule has 9 heteroatoms. The van der Waals surface area contributed by atoms with Crippen LogP contribution in [-0.4, -0.2) is 46.1 Å². The van der Waals surface area contributed by atoms with Crippen LogP contribution < -0.4 is 16.0 Å². The van der Waals surface area contributed by atoms with E-state index in [1.165, 1.54) is 25.7 Å². The summed E-state index contributed by atoms with van der Waals surface area (Å²) in [6, 6.07) is 5.79. The van der Waals surface area contributed by atoms with Crippen molar-refractivity contribution in [2.75, 3.05) is 19.6 Å². The van der Waals surface area contributed by atoms with Crippen LogP contribution in [0.3, 0.4) is 0 Å². The summed E-state index contributed by atoms with van der Waals surface area (Å²) in [5.74, 6) is 2.22. The molecule has 3 N–H and O–H groups in total. The zero-order valence-electron chi connectivity index (χ0n) is 16.4. The number of aromatic nitrogens is 3. The molecule has 1 amide bonds. The molecule has 154 valence electrons. The standard InChI is InChI=1S/C19H29N7O.HI/c1-2-20-19(22-11-10-21-18(27)13-15-7-3-4-8-15)23-14-17-25-24-16-9-5-6-12-26(16)17;/h5-6,9,12,15H,2-4,7-8,10-11,13-14H2,1H3,(H,21,27)(H2,20,22,23);1H. The van der Waals surface area contributed by atoms with Crippen molar-refractivity contribution in [1.29, 1.82) is 0 Å². The van der Waals surface area contributed by atoms with Gasteiger partial charge in [0.1, 0.15) is 6.54 Å². The number of carbonyl (C=O) groups excluding carboxylic acids is 1. The number of guanidine groups is 1. The third-order valence-corrected chi connectivity index (χ3v) is 4.80. The van der Waals surface area contributed by atoms with Crippen LogP contribution in [0.5, 0.6) is 0 Å². The second-order valence-corrected chi connectivity index (χ2v) is 6.87. The molecule has 0 atom stereocenters.